The monoisotopic (exact) mass is 449 g/mol. The molecule has 0 saturated heterocycles. The van der Waals surface area contributed by atoms with E-state index in [2.05, 4.69) is 11.4 Å². The first-order chi connectivity index (χ1) is 15.3. The van der Waals surface area contributed by atoms with Crippen molar-refractivity contribution < 1.29 is 17.9 Å². The lowest BCUT2D eigenvalue weighted by Crippen LogP contribution is -2.38. The lowest BCUT2D eigenvalue weighted by Gasteiger charge is -2.25. The first-order valence-electron chi connectivity index (χ1n) is 9.83. The number of amides is 1. The van der Waals surface area contributed by atoms with Gasteiger partial charge >= 0.3 is 0 Å². The summed E-state index contributed by atoms with van der Waals surface area (Å²) in [6.45, 7) is 1.42. The molecule has 0 unspecified atom stereocenters. The van der Waals surface area contributed by atoms with Crippen molar-refractivity contribution in [2.75, 3.05) is 23.3 Å². The van der Waals surface area contributed by atoms with Gasteiger partial charge in [0.1, 0.15) is 12.3 Å². The van der Waals surface area contributed by atoms with Crippen molar-refractivity contribution in [3.8, 4) is 11.8 Å². The highest BCUT2D eigenvalue weighted by molar-refractivity contribution is 7.92. The Morgan fingerprint density at radius 3 is 2.31 bits per heavy atom. The number of sulfonamides is 1. The van der Waals surface area contributed by atoms with E-state index in [4.69, 9.17) is 10.00 Å². The van der Waals surface area contributed by atoms with E-state index in [9.17, 15) is 13.2 Å². The zero-order valence-electron chi connectivity index (χ0n) is 17.8. The zero-order chi connectivity index (χ0) is 23.1. The second-order valence-corrected chi connectivity index (χ2v) is 8.94. The summed E-state index contributed by atoms with van der Waals surface area (Å²) in [5.41, 5.74) is 2.51. The maximum atomic E-state index is 13.5. The van der Waals surface area contributed by atoms with Crippen LogP contribution >= 0.6 is 0 Å². The van der Waals surface area contributed by atoms with Gasteiger partial charge in [-0.2, -0.15) is 5.26 Å². The summed E-state index contributed by atoms with van der Waals surface area (Å²) in [5, 5.41) is 11.5. The Bertz CT molecular complexity index is 1230. The molecular weight excluding hydrogens is 426 g/mol. The van der Waals surface area contributed by atoms with Crippen molar-refractivity contribution in [1.29, 1.82) is 5.26 Å². The predicted molar refractivity (Wildman–Crippen MR) is 123 cm³/mol. The minimum atomic E-state index is -4.05. The number of nitriles is 1. The van der Waals surface area contributed by atoms with E-state index in [0.717, 1.165) is 15.4 Å². The Labute approximate surface area is 187 Å². The molecule has 0 saturated carbocycles. The normalized spacial score (nSPS) is 10.8. The maximum absolute atomic E-state index is 13.5. The Balaban J connectivity index is 1.93. The summed E-state index contributed by atoms with van der Waals surface area (Å²) in [5.74, 6) is -0.184. The number of benzene rings is 3. The van der Waals surface area contributed by atoms with E-state index >= 15 is 0 Å². The fraction of sp³-hybridized carbons (Fsp3) is 0.167. The Morgan fingerprint density at radius 2 is 1.69 bits per heavy atom. The van der Waals surface area contributed by atoms with Crippen LogP contribution in [0.4, 0.5) is 11.4 Å². The number of carbonyl (C=O) groups is 1. The molecule has 3 rings (SSSR count). The van der Waals surface area contributed by atoms with E-state index in [1.54, 1.807) is 60.7 Å². The van der Waals surface area contributed by atoms with Gasteiger partial charge in [-0.1, -0.05) is 42.0 Å². The molecule has 0 aromatic heterocycles. The van der Waals surface area contributed by atoms with Crippen LogP contribution in [-0.2, 0) is 21.2 Å². The van der Waals surface area contributed by atoms with Gasteiger partial charge in [0.15, 0.2) is 0 Å². The topological polar surface area (TPSA) is 99.5 Å². The molecule has 0 bridgehead atoms. The van der Waals surface area contributed by atoms with Crippen LogP contribution in [-0.4, -0.2) is 28.0 Å². The molecule has 0 fully saturated rings. The molecule has 1 N–H and O–H groups in total. The number of hydrogen-bond donors (Lipinski definition) is 1. The average molecular weight is 450 g/mol. The summed E-state index contributed by atoms with van der Waals surface area (Å²) >= 11 is 0. The zero-order valence-corrected chi connectivity index (χ0v) is 18.6. The van der Waals surface area contributed by atoms with Crippen LogP contribution in [0.2, 0.25) is 0 Å². The van der Waals surface area contributed by atoms with Gasteiger partial charge in [0.25, 0.3) is 10.0 Å². The SMILES string of the molecule is COc1ccccc1N(CC(=O)Nc1ccc(CC#N)cc1)S(=O)(=O)c1ccc(C)cc1. The molecule has 0 aliphatic carbocycles. The van der Waals surface area contributed by atoms with Crippen molar-refractivity contribution >= 4 is 27.3 Å². The van der Waals surface area contributed by atoms with Gasteiger partial charge in [0.2, 0.25) is 5.91 Å². The molecule has 164 valence electrons. The van der Waals surface area contributed by atoms with Gasteiger partial charge < -0.3 is 10.1 Å². The number of nitrogens with one attached hydrogen (secondary N) is 1. The van der Waals surface area contributed by atoms with Crippen molar-refractivity contribution in [2.45, 2.75) is 18.2 Å². The number of hydrogen-bond acceptors (Lipinski definition) is 5. The quantitative estimate of drug-likeness (QED) is 0.562. The Hall–Kier alpha value is -3.83. The van der Waals surface area contributed by atoms with Gasteiger partial charge in [-0.05, 0) is 48.9 Å². The number of aryl methyl sites for hydroxylation is 1. The summed E-state index contributed by atoms with van der Waals surface area (Å²) < 4.78 is 33.3. The number of rotatable bonds is 8. The maximum Gasteiger partial charge on any atom is 0.264 e. The highest BCUT2D eigenvalue weighted by atomic mass is 32.2. The van der Waals surface area contributed by atoms with E-state index < -0.39 is 22.5 Å². The van der Waals surface area contributed by atoms with Crippen LogP contribution in [0.1, 0.15) is 11.1 Å². The van der Waals surface area contributed by atoms with Crippen LogP contribution in [0.25, 0.3) is 0 Å². The number of ether oxygens (including phenoxy) is 1. The first-order valence-corrected chi connectivity index (χ1v) is 11.3. The fourth-order valence-corrected chi connectivity index (χ4v) is 4.53. The number of carbonyl (C=O) groups excluding carboxylic acids is 1. The van der Waals surface area contributed by atoms with Crippen molar-refractivity contribution in [3.05, 3.63) is 83.9 Å². The van der Waals surface area contributed by atoms with E-state index in [0.29, 0.717) is 11.4 Å². The molecule has 0 radical (unpaired) electrons. The summed E-state index contributed by atoms with van der Waals surface area (Å²) in [4.78, 5) is 12.9. The molecule has 0 spiro atoms. The molecule has 3 aromatic carbocycles. The molecule has 0 aliphatic heterocycles. The second kappa shape index (κ2) is 9.98. The third-order valence-corrected chi connectivity index (χ3v) is 6.54. The van der Waals surface area contributed by atoms with Crippen LogP contribution < -0.4 is 14.4 Å². The summed E-state index contributed by atoms with van der Waals surface area (Å²) in [6, 6.07) is 22.0. The average Bonchev–Trinajstić information content (AvgIpc) is 2.79. The molecule has 8 heteroatoms. The Morgan fingerprint density at radius 1 is 1.03 bits per heavy atom. The molecule has 3 aromatic rings. The number of anilines is 2. The number of nitrogens with zero attached hydrogens (tertiary/aromatic N) is 2. The van der Waals surface area contributed by atoms with Gasteiger partial charge in [-0.3, -0.25) is 9.10 Å². The molecule has 1 amide bonds. The molecule has 0 atom stereocenters. The van der Waals surface area contributed by atoms with Crippen LogP contribution in [0.3, 0.4) is 0 Å². The minimum absolute atomic E-state index is 0.0719. The van der Waals surface area contributed by atoms with E-state index in [1.807, 2.05) is 6.92 Å². The predicted octanol–water partition coefficient (Wildman–Crippen LogP) is 3.90. The first kappa shape index (κ1) is 22.8. The highest BCUT2D eigenvalue weighted by Gasteiger charge is 2.29. The molecular formula is C24H23N3O4S. The minimum Gasteiger partial charge on any atom is -0.495 e. The van der Waals surface area contributed by atoms with Crippen LogP contribution in [0, 0.1) is 18.3 Å². The largest absolute Gasteiger partial charge is 0.495 e. The van der Waals surface area contributed by atoms with E-state index in [-0.39, 0.29) is 17.0 Å². The third-order valence-electron chi connectivity index (χ3n) is 4.77. The van der Waals surface area contributed by atoms with Gasteiger partial charge in [0.05, 0.1) is 30.2 Å². The smallest absolute Gasteiger partial charge is 0.264 e. The molecule has 0 aliphatic rings. The van der Waals surface area contributed by atoms with Gasteiger partial charge in [0, 0.05) is 5.69 Å². The molecule has 7 nitrogen and oxygen atoms in total. The lowest BCUT2D eigenvalue weighted by atomic mass is 10.1. The molecule has 32 heavy (non-hydrogen) atoms. The lowest BCUT2D eigenvalue weighted by molar-refractivity contribution is -0.114. The fourth-order valence-electron chi connectivity index (χ4n) is 3.10. The van der Waals surface area contributed by atoms with Crippen LogP contribution in [0.5, 0.6) is 5.75 Å². The van der Waals surface area contributed by atoms with Gasteiger partial charge in [-0.15, -0.1) is 0 Å². The standard InChI is InChI=1S/C24H23N3O4S/c1-18-7-13-21(14-8-18)32(29,30)27(22-5-3-4-6-23(22)31-2)17-24(28)26-20-11-9-19(10-12-20)15-16-25/h3-14H,15,17H2,1-2H3,(H,26,28). The van der Waals surface area contributed by atoms with Gasteiger partial charge in [-0.25, -0.2) is 8.42 Å². The van der Waals surface area contributed by atoms with Crippen LogP contribution in [0.15, 0.2) is 77.7 Å². The Kier molecular flexibility index (Phi) is 7.13. The van der Waals surface area contributed by atoms with E-state index in [1.165, 1.54) is 19.2 Å². The third kappa shape index (κ3) is 5.25. The molecule has 0 heterocycles. The summed E-state index contributed by atoms with van der Waals surface area (Å²) in [6.07, 6.45) is 0.268. The highest BCUT2D eigenvalue weighted by Crippen LogP contribution is 2.32. The number of para-hydroxylation sites is 2. The summed E-state index contributed by atoms with van der Waals surface area (Å²) in [7, 11) is -2.61. The van der Waals surface area contributed by atoms with Crippen molar-refractivity contribution in [2.24, 2.45) is 0 Å². The second-order valence-electron chi connectivity index (χ2n) is 7.08. The number of methoxy groups -OCH3 is 1. The van der Waals surface area contributed by atoms with Crippen molar-refractivity contribution in [1.82, 2.24) is 0 Å². The van der Waals surface area contributed by atoms with Crippen molar-refractivity contribution in [3.63, 3.8) is 0 Å².